The van der Waals surface area contributed by atoms with Gasteiger partial charge in [-0.3, -0.25) is 0 Å². The number of aromatic nitrogens is 1. The van der Waals surface area contributed by atoms with Gasteiger partial charge in [0.15, 0.2) is 0 Å². The molecule has 1 aliphatic heterocycles. The van der Waals surface area contributed by atoms with Crippen molar-refractivity contribution < 1.29 is 8.78 Å². The maximum Gasteiger partial charge on any atom is 0.128 e. The molecule has 0 atom stereocenters. The lowest BCUT2D eigenvalue weighted by Crippen LogP contribution is -2.44. The van der Waals surface area contributed by atoms with Crippen LogP contribution < -0.4 is 10.2 Å². The van der Waals surface area contributed by atoms with Crippen molar-refractivity contribution in [1.82, 2.24) is 15.2 Å². The molecule has 4 nitrogen and oxygen atoms in total. The normalized spacial score (nSPS) is 15.7. The monoisotopic (exact) mass is 332 g/mol. The standard InChI is InChI=1S/C18H22F2N4/c1-23-6-8-24(9-7-23)18-5-2-14(12-22-18)11-21-13-15-10-16(19)3-4-17(15)20/h2-5,10,12,21H,6-9,11,13H2,1H3. The van der Waals surface area contributed by atoms with E-state index in [9.17, 15) is 8.78 Å². The smallest absolute Gasteiger partial charge is 0.128 e. The fourth-order valence-corrected chi connectivity index (χ4v) is 2.76. The molecule has 1 aliphatic rings. The quantitative estimate of drug-likeness (QED) is 0.911. The zero-order valence-electron chi connectivity index (χ0n) is 13.8. The molecule has 0 unspecified atom stereocenters. The van der Waals surface area contributed by atoms with Crippen LogP contribution in [-0.4, -0.2) is 43.1 Å². The van der Waals surface area contributed by atoms with Crippen molar-refractivity contribution in [2.75, 3.05) is 38.1 Å². The number of benzene rings is 1. The first-order chi connectivity index (χ1) is 11.6. The van der Waals surface area contributed by atoms with Crippen LogP contribution in [0.25, 0.3) is 0 Å². The van der Waals surface area contributed by atoms with E-state index < -0.39 is 11.6 Å². The number of halogens is 2. The summed E-state index contributed by atoms with van der Waals surface area (Å²) in [5, 5.41) is 3.12. The van der Waals surface area contributed by atoms with Gasteiger partial charge in [-0.05, 0) is 36.9 Å². The number of nitrogens with zero attached hydrogens (tertiary/aromatic N) is 3. The van der Waals surface area contributed by atoms with Crippen molar-refractivity contribution in [1.29, 1.82) is 0 Å². The van der Waals surface area contributed by atoms with E-state index in [2.05, 4.69) is 27.1 Å². The lowest BCUT2D eigenvalue weighted by molar-refractivity contribution is 0.312. The minimum absolute atomic E-state index is 0.282. The Kier molecular flexibility index (Phi) is 5.37. The molecule has 0 aliphatic carbocycles. The van der Waals surface area contributed by atoms with E-state index in [1.165, 1.54) is 6.07 Å². The van der Waals surface area contributed by atoms with Crippen molar-refractivity contribution in [2.24, 2.45) is 0 Å². The van der Waals surface area contributed by atoms with E-state index >= 15 is 0 Å². The topological polar surface area (TPSA) is 31.4 Å². The predicted molar refractivity (Wildman–Crippen MR) is 90.8 cm³/mol. The molecule has 0 radical (unpaired) electrons. The minimum Gasteiger partial charge on any atom is -0.354 e. The highest BCUT2D eigenvalue weighted by molar-refractivity contribution is 5.39. The Morgan fingerprint density at radius 1 is 1.04 bits per heavy atom. The molecule has 2 heterocycles. The molecule has 0 bridgehead atoms. The summed E-state index contributed by atoms with van der Waals surface area (Å²) in [5.41, 5.74) is 1.35. The van der Waals surface area contributed by atoms with Crippen molar-refractivity contribution in [2.45, 2.75) is 13.1 Å². The average molecular weight is 332 g/mol. The molecule has 24 heavy (non-hydrogen) atoms. The Hall–Kier alpha value is -2.05. The first-order valence-electron chi connectivity index (χ1n) is 8.15. The highest BCUT2D eigenvalue weighted by Crippen LogP contribution is 2.14. The Morgan fingerprint density at radius 2 is 1.83 bits per heavy atom. The molecule has 0 saturated carbocycles. The van der Waals surface area contributed by atoms with Crippen LogP contribution in [-0.2, 0) is 13.1 Å². The lowest BCUT2D eigenvalue weighted by Gasteiger charge is -2.33. The molecular weight excluding hydrogens is 310 g/mol. The summed E-state index contributed by atoms with van der Waals surface area (Å²) in [7, 11) is 2.13. The summed E-state index contributed by atoms with van der Waals surface area (Å²) in [6.45, 7) is 4.91. The summed E-state index contributed by atoms with van der Waals surface area (Å²) in [6, 6.07) is 7.54. The molecule has 2 aromatic rings. The van der Waals surface area contributed by atoms with Crippen molar-refractivity contribution >= 4 is 5.82 Å². The van der Waals surface area contributed by atoms with Crippen LogP contribution in [0.15, 0.2) is 36.5 Å². The number of piperazine rings is 1. The van der Waals surface area contributed by atoms with E-state index in [1.807, 2.05) is 18.3 Å². The molecule has 1 saturated heterocycles. The molecule has 128 valence electrons. The van der Waals surface area contributed by atoms with Gasteiger partial charge in [-0.1, -0.05) is 6.07 Å². The van der Waals surface area contributed by atoms with Crippen LogP contribution in [0.4, 0.5) is 14.6 Å². The van der Waals surface area contributed by atoms with Gasteiger partial charge in [0.05, 0.1) is 0 Å². The molecular formula is C18H22F2N4. The van der Waals surface area contributed by atoms with E-state index in [-0.39, 0.29) is 6.54 Å². The Bertz CT molecular complexity index is 667. The summed E-state index contributed by atoms with van der Waals surface area (Å²) >= 11 is 0. The number of pyridine rings is 1. The van der Waals surface area contributed by atoms with Gasteiger partial charge in [-0.15, -0.1) is 0 Å². The summed E-state index contributed by atoms with van der Waals surface area (Å²) in [5.74, 6) is 0.168. The number of hydrogen-bond donors (Lipinski definition) is 1. The largest absolute Gasteiger partial charge is 0.354 e. The number of rotatable bonds is 5. The van der Waals surface area contributed by atoms with Gasteiger partial charge in [0.2, 0.25) is 0 Å². The highest BCUT2D eigenvalue weighted by atomic mass is 19.1. The molecule has 6 heteroatoms. The van der Waals surface area contributed by atoms with Crippen LogP contribution in [0, 0.1) is 11.6 Å². The Balaban J connectivity index is 1.52. The van der Waals surface area contributed by atoms with Crippen molar-refractivity contribution in [3.63, 3.8) is 0 Å². The maximum absolute atomic E-state index is 13.6. The van der Waals surface area contributed by atoms with Gasteiger partial charge >= 0.3 is 0 Å². The number of hydrogen-bond acceptors (Lipinski definition) is 4. The fourth-order valence-electron chi connectivity index (χ4n) is 2.76. The van der Waals surface area contributed by atoms with Crippen molar-refractivity contribution in [3.8, 4) is 0 Å². The third-order valence-corrected chi connectivity index (χ3v) is 4.29. The summed E-state index contributed by atoms with van der Waals surface area (Å²) < 4.78 is 26.7. The molecule has 1 aromatic heterocycles. The molecule has 1 N–H and O–H groups in total. The van der Waals surface area contributed by atoms with Gasteiger partial charge in [0.25, 0.3) is 0 Å². The second-order valence-corrected chi connectivity index (χ2v) is 6.15. The van der Waals surface area contributed by atoms with Crippen LogP contribution in [0.1, 0.15) is 11.1 Å². The van der Waals surface area contributed by atoms with Crippen LogP contribution in [0.2, 0.25) is 0 Å². The van der Waals surface area contributed by atoms with E-state index in [0.717, 1.165) is 49.7 Å². The number of nitrogens with one attached hydrogen (secondary N) is 1. The molecule has 0 spiro atoms. The Labute approximate surface area is 141 Å². The van der Waals surface area contributed by atoms with Gasteiger partial charge in [-0.25, -0.2) is 13.8 Å². The minimum atomic E-state index is -0.425. The van der Waals surface area contributed by atoms with Crippen molar-refractivity contribution in [3.05, 3.63) is 59.3 Å². The van der Waals surface area contributed by atoms with E-state index in [0.29, 0.717) is 12.1 Å². The van der Waals surface area contributed by atoms with Gasteiger partial charge in [0, 0.05) is 51.0 Å². The average Bonchev–Trinajstić information content (AvgIpc) is 2.59. The molecule has 1 fully saturated rings. The fraction of sp³-hybridized carbons (Fsp3) is 0.389. The molecule has 1 aromatic carbocycles. The zero-order chi connectivity index (χ0) is 16.9. The van der Waals surface area contributed by atoms with Gasteiger partial charge in [0.1, 0.15) is 17.5 Å². The maximum atomic E-state index is 13.6. The van der Waals surface area contributed by atoms with E-state index in [4.69, 9.17) is 0 Å². The Morgan fingerprint density at radius 3 is 2.54 bits per heavy atom. The molecule has 3 rings (SSSR count). The number of likely N-dealkylation sites (N-methyl/N-ethyl adjacent to an activating group) is 1. The third-order valence-electron chi connectivity index (χ3n) is 4.29. The highest BCUT2D eigenvalue weighted by Gasteiger charge is 2.14. The zero-order valence-corrected chi connectivity index (χ0v) is 13.8. The van der Waals surface area contributed by atoms with Crippen LogP contribution in [0.5, 0.6) is 0 Å². The second kappa shape index (κ2) is 7.68. The molecule has 0 amide bonds. The summed E-state index contributed by atoms with van der Waals surface area (Å²) in [6.07, 6.45) is 1.84. The van der Waals surface area contributed by atoms with Crippen LogP contribution in [0.3, 0.4) is 0 Å². The lowest BCUT2D eigenvalue weighted by atomic mass is 10.2. The van der Waals surface area contributed by atoms with Crippen LogP contribution >= 0.6 is 0 Å². The second-order valence-electron chi connectivity index (χ2n) is 6.15. The third kappa shape index (κ3) is 4.27. The predicted octanol–water partition coefficient (Wildman–Crippen LogP) is 2.40. The van der Waals surface area contributed by atoms with Gasteiger partial charge in [-0.2, -0.15) is 0 Å². The first kappa shape index (κ1) is 16.8. The van der Waals surface area contributed by atoms with E-state index in [1.54, 1.807) is 0 Å². The van der Waals surface area contributed by atoms with Gasteiger partial charge < -0.3 is 15.1 Å². The summed E-state index contributed by atoms with van der Waals surface area (Å²) in [4.78, 5) is 9.10. The first-order valence-corrected chi connectivity index (χ1v) is 8.15. The number of anilines is 1. The SMILES string of the molecule is CN1CCN(c2ccc(CNCc3cc(F)ccc3F)cn2)CC1.